The Morgan fingerprint density at radius 3 is 2.47 bits per heavy atom. The molecule has 5 heteroatoms. The van der Waals surface area contributed by atoms with Crippen LogP contribution in [-0.4, -0.2) is 26.9 Å². The number of hydrogen-bond acceptors (Lipinski definition) is 3. The van der Waals surface area contributed by atoms with Crippen LogP contribution >= 0.6 is 0 Å². The van der Waals surface area contributed by atoms with Crippen molar-refractivity contribution < 1.29 is 4.79 Å². The number of unbranched alkanes of at least 4 members (excludes halogenated alkanes) is 2. The predicted octanol–water partition coefficient (Wildman–Crippen LogP) is 5.18. The van der Waals surface area contributed by atoms with Crippen molar-refractivity contribution in [1.82, 2.24) is 14.5 Å². The molecule has 30 heavy (non-hydrogen) atoms. The number of para-hydroxylation sites is 2. The molecule has 1 aromatic heterocycles. The molecular formula is C25H31N3O2. The van der Waals surface area contributed by atoms with E-state index in [4.69, 9.17) is 4.98 Å². The van der Waals surface area contributed by atoms with Crippen molar-refractivity contribution in [2.45, 2.75) is 59.4 Å². The molecule has 1 heterocycles. The van der Waals surface area contributed by atoms with Crippen LogP contribution in [0.4, 0.5) is 0 Å². The van der Waals surface area contributed by atoms with E-state index in [2.05, 4.69) is 6.92 Å². The minimum atomic E-state index is -0.318. The van der Waals surface area contributed by atoms with Crippen LogP contribution in [0.3, 0.4) is 0 Å². The third-order valence-corrected chi connectivity index (χ3v) is 5.65. The van der Waals surface area contributed by atoms with Gasteiger partial charge in [-0.25, -0.2) is 4.98 Å². The Labute approximate surface area is 178 Å². The van der Waals surface area contributed by atoms with E-state index in [0.29, 0.717) is 29.7 Å². The first-order valence-corrected chi connectivity index (χ1v) is 10.9. The molecule has 0 aliphatic rings. The second kappa shape index (κ2) is 9.70. The van der Waals surface area contributed by atoms with Gasteiger partial charge in [-0.15, -0.1) is 0 Å². The Balaban J connectivity index is 2.16. The lowest BCUT2D eigenvalue weighted by Crippen LogP contribution is -2.37. The molecule has 3 aromatic rings. The number of carbonyl (C=O) groups excluding carboxylic acids is 1. The van der Waals surface area contributed by atoms with Gasteiger partial charge in [0, 0.05) is 13.0 Å². The van der Waals surface area contributed by atoms with Gasteiger partial charge in [0.05, 0.1) is 22.6 Å². The predicted molar refractivity (Wildman–Crippen MR) is 122 cm³/mol. The Morgan fingerprint density at radius 2 is 1.77 bits per heavy atom. The molecule has 3 rings (SSSR count). The molecule has 0 aliphatic heterocycles. The fourth-order valence-corrected chi connectivity index (χ4v) is 3.95. The number of aryl methyl sites for hydroxylation is 1. The van der Waals surface area contributed by atoms with Crippen LogP contribution in [0, 0.1) is 6.92 Å². The molecule has 1 amide bonds. The number of aromatic nitrogens is 2. The lowest BCUT2D eigenvalue weighted by molar-refractivity contribution is -0.133. The van der Waals surface area contributed by atoms with E-state index in [9.17, 15) is 9.59 Å². The van der Waals surface area contributed by atoms with E-state index in [1.807, 2.05) is 68.1 Å². The highest BCUT2D eigenvalue weighted by atomic mass is 16.2. The van der Waals surface area contributed by atoms with Gasteiger partial charge in [0.25, 0.3) is 5.56 Å². The highest BCUT2D eigenvalue weighted by Gasteiger charge is 2.25. The van der Waals surface area contributed by atoms with Crippen LogP contribution in [0.25, 0.3) is 16.6 Å². The van der Waals surface area contributed by atoms with Crippen molar-refractivity contribution in [3.05, 3.63) is 70.3 Å². The number of amides is 1. The third kappa shape index (κ3) is 4.30. The average Bonchev–Trinajstić information content (AvgIpc) is 2.75. The van der Waals surface area contributed by atoms with Gasteiger partial charge in [-0.3, -0.25) is 14.2 Å². The number of fused-ring (bicyclic) bond motifs is 1. The molecule has 0 radical (unpaired) electrons. The van der Waals surface area contributed by atoms with Gasteiger partial charge in [-0.1, -0.05) is 50.1 Å². The summed E-state index contributed by atoms with van der Waals surface area (Å²) < 4.78 is 1.68. The number of nitrogens with zero attached hydrogens (tertiary/aromatic N) is 3. The third-order valence-electron chi connectivity index (χ3n) is 5.65. The Hall–Kier alpha value is -2.95. The maximum Gasteiger partial charge on any atom is 0.266 e. The smallest absolute Gasteiger partial charge is 0.266 e. The summed E-state index contributed by atoms with van der Waals surface area (Å²) in [5, 5.41) is 0.578. The SMILES string of the molecule is CCCCCC(=O)N(CC)C(C)c1nc2ccccc2c(=O)n1-c1ccccc1C. The zero-order valence-electron chi connectivity index (χ0n) is 18.4. The molecule has 0 N–H and O–H groups in total. The first-order chi connectivity index (χ1) is 14.5. The van der Waals surface area contributed by atoms with Crippen molar-refractivity contribution in [3.8, 4) is 5.69 Å². The summed E-state index contributed by atoms with van der Waals surface area (Å²) in [5.74, 6) is 0.705. The molecule has 2 aromatic carbocycles. The monoisotopic (exact) mass is 405 g/mol. The highest BCUT2D eigenvalue weighted by molar-refractivity contribution is 5.79. The highest BCUT2D eigenvalue weighted by Crippen LogP contribution is 2.25. The average molecular weight is 406 g/mol. The normalized spacial score (nSPS) is 12.1. The minimum absolute atomic E-state index is 0.105. The van der Waals surface area contributed by atoms with E-state index < -0.39 is 0 Å². The van der Waals surface area contributed by atoms with E-state index in [1.165, 1.54) is 0 Å². The Kier molecular flexibility index (Phi) is 7.03. The maximum atomic E-state index is 13.5. The van der Waals surface area contributed by atoms with Crippen LogP contribution in [-0.2, 0) is 4.79 Å². The zero-order valence-corrected chi connectivity index (χ0v) is 18.4. The summed E-state index contributed by atoms with van der Waals surface area (Å²) >= 11 is 0. The molecule has 1 atom stereocenters. The molecule has 0 spiro atoms. The fraction of sp³-hybridized carbons (Fsp3) is 0.400. The van der Waals surface area contributed by atoms with Gasteiger partial charge in [-0.2, -0.15) is 0 Å². The van der Waals surface area contributed by atoms with Crippen molar-refractivity contribution in [2.75, 3.05) is 6.54 Å². The number of rotatable bonds is 8. The first-order valence-electron chi connectivity index (χ1n) is 10.9. The summed E-state index contributed by atoms with van der Waals surface area (Å²) in [6.07, 6.45) is 3.52. The van der Waals surface area contributed by atoms with Gasteiger partial charge in [0.15, 0.2) is 0 Å². The largest absolute Gasteiger partial charge is 0.333 e. The van der Waals surface area contributed by atoms with Gasteiger partial charge in [-0.05, 0) is 51.0 Å². The van der Waals surface area contributed by atoms with Crippen molar-refractivity contribution in [3.63, 3.8) is 0 Å². The lowest BCUT2D eigenvalue weighted by Gasteiger charge is -2.30. The minimum Gasteiger partial charge on any atom is -0.333 e. The molecular weight excluding hydrogens is 374 g/mol. The van der Waals surface area contributed by atoms with Crippen molar-refractivity contribution >= 4 is 16.8 Å². The topological polar surface area (TPSA) is 55.2 Å². The van der Waals surface area contributed by atoms with Gasteiger partial charge in [0.1, 0.15) is 5.82 Å². The van der Waals surface area contributed by atoms with Crippen LogP contribution in [0.5, 0.6) is 0 Å². The fourth-order valence-electron chi connectivity index (χ4n) is 3.95. The molecule has 0 bridgehead atoms. The first kappa shape index (κ1) is 21.8. The molecule has 0 saturated heterocycles. The number of benzene rings is 2. The van der Waals surface area contributed by atoms with Crippen LogP contribution in [0.1, 0.15) is 63.9 Å². The van der Waals surface area contributed by atoms with Crippen molar-refractivity contribution in [2.24, 2.45) is 0 Å². The lowest BCUT2D eigenvalue weighted by atomic mass is 10.1. The molecule has 5 nitrogen and oxygen atoms in total. The van der Waals surface area contributed by atoms with Gasteiger partial charge in [0.2, 0.25) is 5.91 Å². The Bertz CT molecular complexity index is 1090. The van der Waals surface area contributed by atoms with Crippen LogP contribution in [0.15, 0.2) is 53.3 Å². The molecule has 1 unspecified atom stereocenters. The van der Waals surface area contributed by atoms with E-state index in [-0.39, 0.29) is 17.5 Å². The zero-order chi connectivity index (χ0) is 21.7. The summed E-state index contributed by atoms with van der Waals surface area (Å²) in [6, 6.07) is 14.9. The van der Waals surface area contributed by atoms with Gasteiger partial charge >= 0.3 is 0 Å². The summed E-state index contributed by atoms with van der Waals surface area (Å²) in [4.78, 5) is 33.2. The standard InChI is InChI=1S/C25H31N3O2/c1-5-7-8-17-23(29)27(6-2)19(4)24-26-21-15-11-10-14-20(21)25(30)28(24)22-16-12-9-13-18(22)3/h9-16,19H,5-8,17H2,1-4H3. The van der Waals surface area contributed by atoms with Crippen molar-refractivity contribution in [1.29, 1.82) is 0 Å². The van der Waals surface area contributed by atoms with E-state index in [1.54, 1.807) is 10.6 Å². The summed E-state index contributed by atoms with van der Waals surface area (Å²) in [7, 11) is 0. The maximum absolute atomic E-state index is 13.5. The molecule has 0 aliphatic carbocycles. The number of carbonyl (C=O) groups is 1. The molecule has 158 valence electrons. The van der Waals surface area contributed by atoms with E-state index in [0.717, 1.165) is 30.5 Å². The molecule has 0 fully saturated rings. The quantitative estimate of drug-likeness (QED) is 0.485. The second-order valence-electron chi connectivity index (χ2n) is 7.73. The van der Waals surface area contributed by atoms with Crippen LogP contribution < -0.4 is 5.56 Å². The van der Waals surface area contributed by atoms with E-state index >= 15 is 0 Å². The number of hydrogen-bond donors (Lipinski definition) is 0. The van der Waals surface area contributed by atoms with Gasteiger partial charge < -0.3 is 4.90 Å². The Morgan fingerprint density at radius 1 is 1.07 bits per heavy atom. The summed E-state index contributed by atoms with van der Waals surface area (Å²) in [5.41, 5.74) is 2.34. The summed E-state index contributed by atoms with van der Waals surface area (Å²) in [6.45, 7) is 8.63. The molecule has 0 saturated carbocycles. The van der Waals surface area contributed by atoms with Crippen LogP contribution in [0.2, 0.25) is 0 Å². The second-order valence-corrected chi connectivity index (χ2v) is 7.73.